The Morgan fingerprint density at radius 3 is 2.59 bits per heavy atom. The maximum absolute atomic E-state index is 5.59. The molecule has 0 amide bonds. The van der Waals surface area contributed by atoms with E-state index in [1.165, 1.54) is 25.7 Å². The van der Waals surface area contributed by atoms with Gasteiger partial charge < -0.3 is 9.05 Å². The highest BCUT2D eigenvalue weighted by Crippen LogP contribution is 2.23. The summed E-state index contributed by atoms with van der Waals surface area (Å²) < 4.78 is 11.1. The lowest BCUT2D eigenvalue weighted by atomic mass is 10.0. The quantitative estimate of drug-likeness (QED) is 0.465. The van der Waals surface area contributed by atoms with Gasteiger partial charge in [-0.25, -0.2) is 0 Å². The van der Waals surface area contributed by atoms with Crippen LogP contribution in [0.3, 0.4) is 0 Å². The molecule has 0 aromatic heterocycles. The molecule has 0 heterocycles. The van der Waals surface area contributed by atoms with E-state index in [2.05, 4.69) is 13.8 Å². The maximum atomic E-state index is 5.59. The second kappa shape index (κ2) is 9.44. The molecule has 0 aliphatic heterocycles. The van der Waals surface area contributed by atoms with E-state index in [-0.39, 0.29) is 9.03 Å². The molecule has 0 fully saturated rings. The molecular weight excluding hydrogens is 231 g/mol. The van der Waals surface area contributed by atoms with Gasteiger partial charge in [0.1, 0.15) is 5.75 Å². The Hall–Kier alpha value is -0.590. The van der Waals surface area contributed by atoms with Crippen molar-refractivity contribution in [3.05, 3.63) is 30.3 Å². The summed E-state index contributed by atoms with van der Waals surface area (Å²) in [5.41, 5.74) is 0. The molecule has 0 aliphatic carbocycles. The van der Waals surface area contributed by atoms with Crippen LogP contribution in [0, 0.1) is 5.92 Å². The zero-order chi connectivity index (χ0) is 12.3. The summed E-state index contributed by atoms with van der Waals surface area (Å²) in [6.45, 7) is 5.28. The molecule has 2 nitrogen and oxygen atoms in total. The van der Waals surface area contributed by atoms with Crippen molar-refractivity contribution in [1.82, 2.24) is 0 Å². The third kappa shape index (κ3) is 6.65. The fourth-order valence-electron chi connectivity index (χ4n) is 1.62. The molecule has 0 radical (unpaired) electrons. The van der Waals surface area contributed by atoms with Crippen LogP contribution in [0.5, 0.6) is 5.75 Å². The van der Waals surface area contributed by atoms with Crippen LogP contribution in [0.15, 0.2) is 30.3 Å². The van der Waals surface area contributed by atoms with Gasteiger partial charge in [0, 0.05) is 0 Å². The second-order valence-corrected chi connectivity index (χ2v) is 4.89. The Morgan fingerprint density at radius 1 is 1.18 bits per heavy atom. The van der Waals surface area contributed by atoms with Crippen LogP contribution in [0.25, 0.3) is 0 Å². The summed E-state index contributed by atoms with van der Waals surface area (Å²) in [5.74, 6) is 1.56. The van der Waals surface area contributed by atoms with E-state index < -0.39 is 0 Å². The normalized spacial score (nSPS) is 13.1. The van der Waals surface area contributed by atoms with Crippen molar-refractivity contribution in [3.8, 4) is 5.75 Å². The molecule has 1 aromatic carbocycles. The number of rotatable bonds is 9. The minimum Gasteiger partial charge on any atom is -0.450 e. The molecule has 96 valence electrons. The zero-order valence-corrected chi connectivity index (χ0v) is 11.8. The van der Waals surface area contributed by atoms with Gasteiger partial charge >= 0.3 is 0 Å². The van der Waals surface area contributed by atoms with Crippen molar-refractivity contribution >= 4 is 9.03 Å². The second-order valence-electron chi connectivity index (χ2n) is 4.23. The van der Waals surface area contributed by atoms with Gasteiger partial charge in [-0.2, -0.15) is 0 Å². The van der Waals surface area contributed by atoms with Crippen molar-refractivity contribution < 1.29 is 9.05 Å². The molecule has 0 saturated heterocycles. The van der Waals surface area contributed by atoms with Crippen LogP contribution in [-0.2, 0) is 4.52 Å². The van der Waals surface area contributed by atoms with Gasteiger partial charge in [0.2, 0.25) is 9.03 Å². The molecule has 0 bridgehead atoms. The monoisotopic (exact) mass is 254 g/mol. The van der Waals surface area contributed by atoms with Crippen molar-refractivity contribution in [3.63, 3.8) is 0 Å². The van der Waals surface area contributed by atoms with Crippen molar-refractivity contribution in [1.29, 1.82) is 0 Å². The first-order valence-corrected chi connectivity index (χ1v) is 7.27. The van der Waals surface area contributed by atoms with Crippen LogP contribution in [0.2, 0.25) is 0 Å². The standard InChI is InChI=1S/C14H23O2P/c1-3-5-9-13(4-2)12-15-17-16-14-10-7-6-8-11-14/h6-8,10-11,13,17H,3-5,9,12H2,1-2H3. The first-order chi connectivity index (χ1) is 8.36. The average molecular weight is 254 g/mol. The van der Waals surface area contributed by atoms with Crippen molar-refractivity contribution in [2.75, 3.05) is 6.61 Å². The molecule has 2 atom stereocenters. The minimum absolute atomic E-state index is 0.111. The Kier molecular flexibility index (Phi) is 8.04. The van der Waals surface area contributed by atoms with E-state index in [1.54, 1.807) is 0 Å². The Bertz CT molecular complexity index is 277. The smallest absolute Gasteiger partial charge is 0.215 e. The number of hydrogen-bond donors (Lipinski definition) is 0. The van der Waals surface area contributed by atoms with Gasteiger partial charge in [-0.15, -0.1) is 0 Å². The number of hydrogen-bond acceptors (Lipinski definition) is 2. The van der Waals surface area contributed by atoms with Gasteiger partial charge in [-0.3, -0.25) is 0 Å². The minimum atomic E-state index is 0.111. The maximum Gasteiger partial charge on any atom is 0.215 e. The summed E-state index contributed by atoms with van der Waals surface area (Å²) in [5, 5.41) is 0. The lowest BCUT2D eigenvalue weighted by molar-refractivity contribution is 0.244. The molecule has 0 spiro atoms. The molecule has 1 rings (SSSR count). The third-order valence-corrected chi connectivity index (χ3v) is 3.43. The van der Waals surface area contributed by atoms with Gasteiger partial charge in [0.15, 0.2) is 0 Å². The lowest BCUT2D eigenvalue weighted by Crippen LogP contribution is -2.05. The predicted molar refractivity (Wildman–Crippen MR) is 74.6 cm³/mol. The van der Waals surface area contributed by atoms with Crippen LogP contribution >= 0.6 is 9.03 Å². The van der Waals surface area contributed by atoms with Gasteiger partial charge in [-0.05, 0) is 24.5 Å². The summed E-state index contributed by atoms with van der Waals surface area (Å²) in [4.78, 5) is 0. The molecule has 0 aliphatic rings. The number of unbranched alkanes of at least 4 members (excludes halogenated alkanes) is 1. The first kappa shape index (κ1) is 14.5. The highest BCUT2D eigenvalue weighted by atomic mass is 31.1. The van der Waals surface area contributed by atoms with E-state index in [4.69, 9.17) is 9.05 Å². The summed E-state index contributed by atoms with van der Waals surface area (Å²) in [6, 6.07) is 9.82. The van der Waals surface area contributed by atoms with Crippen LogP contribution in [-0.4, -0.2) is 6.61 Å². The SMILES string of the molecule is CCCCC(CC)COPOc1ccccc1. The summed E-state index contributed by atoms with van der Waals surface area (Å²) >= 11 is 0. The highest BCUT2D eigenvalue weighted by Gasteiger charge is 2.05. The van der Waals surface area contributed by atoms with Crippen molar-refractivity contribution in [2.45, 2.75) is 39.5 Å². The Morgan fingerprint density at radius 2 is 1.94 bits per heavy atom. The van der Waals surface area contributed by atoms with E-state index in [0.717, 1.165) is 12.4 Å². The van der Waals surface area contributed by atoms with Gasteiger partial charge in [0.05, 0.1) is 6.61 Å². The molecule has 17 heavy (non-hydrogen) atoms. The number of para-hydroxylation sites is 1. The molecule has 2 unspecified atom stereocenters. The fraction of sp³-hybridized carbons (Fsp3) is 0.571. The van der Waals surface area contributed by atoms with E-state index >= 15 is 0 Å². The Labute approximate surface area is 107 Å². The topological polar surface area (TPSA) is 18.5 Å². The van der Waals surface area contributed by atoms with Crippen LogP contribution in [0.4, 0.5) is 0 Å². The number of benzene rings is 1. The van der Waals surface area contributed by atoms with Crippen molar-refractivity contribution in [2.24, 2.45) is 5.92 Å². The van der Waals surface area contributed by atoms with E-state index in [0.29, 0.717) is 5.92 Å². The zero-order valence-electron chi connectivity index (χ0n) is 10.8. The average Bonchev–Trinajstić information content (AvgIpc) is 2.39. The molecule has 0 saturated carbocycles. The highest BCUT2D eigenvalue weighted by molar-refractivity contribution is 7.26. The Balaban J connectivity index is 2.10. The van der Waals surface area contributed by atoms with Gasteiger partial charge in [-0.1, -0.05) is 51.3 Å². The lowest BCUT2D eigenvalue weighted by Gasteiger charge is -2.14. The predicted octanol–water partition coefficient (Wildman–Crippen LogP) is 4.81. The third-order valence-electron chi connectivity index (χ3n) is 2.82. The molecule has 0 N–H and O–H groups in total. The van der Waals surface area contributed by atoms with Crippen LogP contribution in [0.1, 0.15) is 39.5 Å². The first-order valence-electron chi connectivity index (χ1n) is 6.45. The van der Waals surface area contributed by atoms with E-state index in [9.17, 15) is 0 Å². The summed E-state index contributed by atoms with van der Waals surface area (Å²) in [6.07, 6.45) is 5.02. The summed E-state index contributed by atoms with van der Waals surface area (Å²) in [7, 11) is 0.111. The molecule has 1 aromatic rings. The molecular formula is C14H23O2P. The molecule has 3 heteroatoms. The van der Waals surface area contributed by atoms with Crippen LogP contribution < -0.4 is 4.52 Å². The van der Waals surface area contributed by atoms with Gasteiger partial charge in [0.25, 0.3) is 0 Å². The fourth-order valence-corrected chi connectivity index (χ4v) is 2.21. The largest absolute Gasteiger partial charge is 0.450 e. The van der Waals surface area contributed by atoms with E-state index in [1.807, 2.05) is 30.3 Å².